The number of rotatable bonds is 8. The van der Waals surface area contributed by atoms with E-state index in [4.69, 9.17) is 4.74 Å². The van der Waals surface area contributed by atoms with Crippen molar-refractivity contribution >= 4 is 23.6 Å². The molecule has 7 nitrogen and oxygen atoms in total. The Balaban J connectivity index is 1.38. The van der Waals surface area contributed by atoms with E-state index in [1.165, 1.54) is 29.2 Å². The van der Waals surface area contributed by atoms with Crippen LogP contribution in [-0.4, -0.2) is 40.8 Å². The van der Waals surface area contributed by atoms with Gasteiger partial charge in [-0.05, 0) is 53.1 Å². The Morgan fingerprint density at radius 3 is 2.08 bits per heavy atom. The van der Waals surface area contributed by atoms with Gasteiger partial charge in [-0.25, -0.2) is 9.18 Å². The number of amides is 3. The Morgan fingerprint density at radius 1 is 0.850 bits per heavy atom. The molecule has 0 unspecified atom stereocenters. The summed E-state index contributed by atoms with van der Waals surface area (Å²) in [4.78, 5) is 42.5. The topological polar surface area (TPSA) is 79.0 Å². The van der Waals surface area contributed by atoms with Crippen molar-refractivity contribution in [3.8, 4) is 0 Å². The highest BCUT2D eigenvalue weighted by Crippen LogP contribution is 2.35. The molecule has 2 atom stereocenters. The molecule has 8 heteroatoms. The number of hydrogen-bond donors (Lipinski definition) is 1. The van der Waals surface area contributed by atoms with Gasteiger partial charge in [-0.1, -0.05) is 72.8 Å². The molecule has 3 amide bonds. The average Bonchev–Trinajstić information content (AvgIpc) is 3.29. The van der Waals surface area contributed by atoms with Crippen molar-refractivity contribution in [3.63, 3.8) is 0 Å². The molecule has 0 aliphatic carbocycles. The van der Waals surface area contributed by atoms with E-state index in [0.29, 0.717) is 23.4 Å². The molecule has 0 bridgehead atoms. The highest BCUT2D eigenvalue weighted by molar-refractivity contribution is 6.04. The van der Waals surface area contributed by atoms with Crippen LogP contribution in [0, 0.1) is 5.82 Å². The molecule has 1 aliphatic heterocycles. The van der Waals surface area contributed by atoms with Crippen LogP contribution in [0.15, 0.2) is 109 Å². The summed E-state index contributed by atoms with van der Waals surface area (Å²) in [6.07, 6.45) is -1.42. The summed E-state index contributed by atoms with van der Waals surface area (Å²) in [5, 5.41) is 2.77. The van der Waals surface area contributed by atoms with Crippen molar-refractivity contribution in [2.75, 3.05) is 12.4 Å². The lowest BCUT2D eigenvalue weighted by Gasteiger charge is -2.28. The Labute approximate surface area is 231 Å². The number of nitrogens with zero attached hydrogens (tertiary/aromatic N) is 2. The molecule has 0 radical (unpaired) electrons. The van der Waals surface area contributed by atoms with Gasteiger partial charge in [0.15, 0.2) is 12.1 Å². The van der Waals surface area contributed by atoms with E-state index in [2.05, 4.69) is 5.32 Å². The van der Waals surface area contributed by atoms with Gasteiger partial charge in [0.2, 0.25) is 5.91 Å². The second kappa shape index (κ2) is 11.8. The largest absolute Gasteiger partial charge is 0.438 e. The van der Waals surface area contributed by atoms with Crippen LogP contribution >= 0.6 is 0 Å². The molecule has 1 aliphatic rings. The minimum Gasteiger partial charge on any atom is -0.438 e. The monoisotopic (exact) mass is 537 g/mol. The number of nitrogens with one attached hydrogen (secondary N) is 1. The van der Waals surface area contributed by atoms with Crippen LogP contribution in [0.5, 0.6) is 0 Å². The van der Waals surface area contributed by atoms with Gasteiger partial charge in [0, 0.05) is 24.8 Å². The number of anilines is 1. The molecular formula is C32H28FN3O4. The van der Waals surface area contributed by atoms with E-state index in [9.17, 15) is 18.8 Å². The second-order valence-electron chi connectivity index (χ2n) is 9.63. The molecule has 202 valence electrons. The second-order valence-corrected chi connectivity index (χ2v) is 9.63. The minimum absolute atomic E-state index is 0.220. The zero-order valence-corrected chi connectivity index (χ0v) is 21.9. The van der Waals surface area contributed by atoms with Crippen LogP contribution in [0.2, 0.25) is 0 Å². The van der Waals surface area contributed by atoms with E-state index in [-0.39, 0.29) is 18.4 Å². The van der Waals surface area contributed by atoms with E-state index in [1.54, 1.807) is 36.2 Å². The zero-order valence-electron chi connectivity index (χ0n) is 21.9. The fraction of sp³-hybridized carbons (Fsp3) is 0.156. The van der Waals surface area contributed by atoms with Crippen molar-refractivity contribution in [2.45, 2.75) is 25.2 Å². The first-order valence-corrected chi connectivity index (χ1v) is 12.9. The van der Waals surface area contributed by atoms with Crippen molar-refractivity contribution < 1.29 is 23.5 Å². The van der Waals surface area contributed by atoms with E-state index in [0.717, 1.165) is 11.1 Å². The van der Waals surface area contributed by atoms with Gasteiger partial charge in [-0.2, -0.15) is 0 Å². The summed E-state index contributed by atoms with van der Waals surface area (Å²) >= 11 is 0. The van der Waals surface area contributed by atoms with Gasteiger partial charge >= 0.3 is 6.09 Å². The van der Waals surface area contributed by atoms with Crippen molar-refractivity contribution in [3.05, 3.63) is 137 Å². The number of ether oxygens (including phenoxy) is 1. The zero-order chi connectivity index (χ0) is 28.1. The maximum Gasteiger partial charge on any atom is 0.411 e. The van der Waals surface area contributed by atoms with Crippen LogP contribution in [-0.2, 0) is 22.6 Å². The van der Waals surface area contributed by atoms with Gasteiger partial charge in [-0.3, -0.25) is 14.5 Å². The Kier molecular flexibility index (Phi) is 7.87. The molecule has 1 heterocycles. The maximum atomic E-state index is 13.8. The predicted molar refractivity (Wildman–Crippen MR) is 149 cm³/mol. The van der Waals surface area contributed by atoms with Crippen LogP contribution < -0.4 is 5.32 Å². The number of hydrogen-bond acceptors (Lipinski definition) is 4. The lowest BCUT2D eigenvalue weighted by atomic mass is 9.99. The van der Waals surface area contributed by atoms with Crippen LogP contribution in [0.4, 0.5) is 14.9 Å². The number of likely N-dealkylation sites (N-methyl/N-ethyl adjacent to an activating group) is 1. The van der Waals surface area contributed by atoms with Gasteiger partial charge in [-0.15, -0.1) is 0 Å². The van der Waals surface area contributed by atoms with Crippen LogP contribution in [0.1, 0.15) is 33.2 Å². The number of carbonyl (C=O) groups is 3. The first kappa shape index (κ1) is 26.6. The molecule has 1 fully saturated rings. The first-order chi connectivity index (χ1) is 19.4. The summed E-state index contributed by atoms with van der Waals surface area (Å²) in [5.74, 6) is -1.05. The number of benzene rings is 4. The van der Waals surface area contributed by atoms with Crippen LogP contribution in [0.3, 0.4) is 0 Å². The van der Waals surface area contributed by atoms with Crippen LogP contribution in [0.25, 0.3) is 0 Å². The van der Waals surface area contributed by atoms with E-state index in [1.807, 2.05) is 60.7 Å². The fourth-order valence-corrected chi connectivity index (χ4v) is 4.70. The summed E-state index contributed by atoms with van der Waals surface area (Å²) in [7, 11) is 1.71. The van der Waals surface area contributed by atoms with Crippen molar-refractivity contribution in [2.24, 2.45) is 0 Å². The van der Waals surface area contributed by atoms with E-state index >= 15 is 0 Å². The standard InChI is InChI=1S/C32H28FN3O4/c1-35(20-22-8-4-2-5-9-22)31(38)28-29(40-32(39)36(28)21-23-10-6-3-7-11-23)24-14-18-27(19-15-24)34-30(37)25-12-16-26(33)17-13-25/h2-19,28-29H,20-21H2,1H3,(H,34,37)/t28-,29-/m1/s1. The smallest absolute Gasteiger partial charge is 0.411 e. The Bertz CT molecular complexity index is 1480. The molecule has 4 aromatic rings. The maximum absolute atomic E-state index is 13.8. The lowest BCUT2D eigenvalue weighted by molar-refractivity contribution is -0.136. The first-order valence-electron chi connectivity index (χ1n) is 12.9. The average molecular weight is 538 g/mol. The SMILES string of the molecule is CN(Cc1ccccc1)C(=O)[C@H]1[C@@H](c2ccc(NC(=O)c3ccc(F)cc3)cc2)OC(=O)N1Cc1ccccc1. The summed E-state index contributed by atoms with van der Waals surface area (Å²) in [5.41, 5.74) is 3.29. The summed E-state index contributed by atoms with van der Waals surface area (Å²) in [6, 6.07) is 30.2. The van der Waals surface area contributed by atoms with Crippen molar-refractivity contribution in [1.82, 2.24) is 9.80 Å². The van der Waals surface area contributed by atoms with Gasteiger partial charge in [0.1, 0.15) is 5.82 Å². The summed E-state index contributed by atoms with van der Waals surface area (Å²) in [6.45, 7) is 0.599. The summed E-state index contributed by atoms with van der Waals surface area (Å²) < 4.78 is 19.0. The number of carbonyl (C=O) groups excluding carboxylic acids is 3. The molecule has 40 heavy (non-hydrogen) atoms. The molecule has 0 spiro atoms. The fourth-order valence-electron chi connectivity index (χ4n) is 4.70. The quantitative estimate of drug-likeness (QED) is 0.308. The predicted octanol–water partition coefficient (Wildman–Crippen LogP) is 5.80. The molecule has 5 rings (SSSR count). The van der Waals surface area contributed by atoms with E-state index < -0.39 is 24.1 Å². The molecule has 0 aromatic heterocycles. The van der Waals surface area contributed by atoms with Gasteiger partial charge < -0.3 is 15.0 Å². The Hall–Kier alpha value is -4.98. The molecule has 1 saturated heterocycles. The number of cyclic esters (lactones) is 1. The highest BCUT2D eigenvalue weighted by Gasteiger charge is 2.48. The third kappa shape index (κ3) is 6.02. The molecule has 1 N–H and O–H groups in total. The normalized spacial score (nSPS) is 16.4. The van der Waals surface area contributed by atoms with Gasteiger partial charge in [0.05, 0.1) is 6.54 Å². The molecule has 0 saturated carbocycles. The third-order valence-corrected chi connectivity index (χ3v) is 6.78. The minimum atomic E-state index is -0.888. The molecular weight excluding hydrogens is 509 g/mol. The number of halogens is 1. The Morgan fingerprint density at radius 2 is 1.45 bits per heavy atom. The highest BCUT2D eigenvalue weighted by atomic mass is 19.1. The van der Waals surface area contributed by atoms with Crippen molar-refractivity contribution in [1.29, 1.82) is 0 Å². The third-order valence-electron chi connectivity index (χ3n) is 6.78. The molecule has 4 aromatic carbocycles. The lowest BCUT2D eigenvalue weighted by Crippen LogP contribution is -2.46. The van der Waals surface area contributed by atoms with Gasteiger partial charge in [0.25, 0.3) is 5.91 Å².